The summed E-state index contributed by atoms with van der Waals surface area (Å²) in [5, 5.41) is 9.53. The Hall–Kier alpha value is -0.480. The van der Waals surface area contributed by atoms with Crippen LogP contribution in [0.2, 0.25) is 0 Å². The molecule has 1 rings (SSSR count). The maximum absolute atomic E-state index is 9.53. The van der Waals surface area contributed by atoms with E-state index in [0.29, 0.717) is 5.92 Å². The van der Waals surface area contributed by atoms with Crippen LogP contribution < -0.4 is 0 Å². The molecule has 0 aliphatic heterocycles. The molecule has 0 aromatic heterocycles. The molecule has 0 aromatic carbocycles. The van der Waals surface area contributed by atoms with Gasteiger partial charge < -0.3 is 5.11 Å². The SMILES string of the molecule is CC#CCC1CCCCC1O. The summed E-state index contributed by atoms with van der Waals surface area (Å²) in [6, 6.07) is 0. The largest absolute Gasteiger partial charge is 0.393 e. The van der Waals surface area contributed by atoms with E-state index in [-0.39, 0.29) is 6.10 Å². The maximum atomic E-state index is 9.53. The van der Waals surface area contributed by atoms with Crippen LogP contribution in [0.3, 0.4) is 0 Å². The Morgan fingerprint density at radius 3 is 2.73 bits per heavy atom. The lowest BCUT2D eigenvalue weighted by atomic mass is 9.85. The smallest absolute Gasteiger partial charge is 0.0577 e. The molecule has 2 atom stereocenters. The Labute approximate surface area is 68.8 Å². The zero-order valence-electron chi connectivity index (χ0n) is 7.14. The Kier molecular flexibility index (Phi) is 3.45. The summed E-state index contributed by atoms with van der Waals surface area (Å²) in [4.78, 5) is 0. The molecule has 0 aromatic rings. The topological polar surface area (TPSA) is 20.2 Å². The molecule has 1 heteroatoms. The molecular formula is C10H16O. The summed E-state index contributed by atoms with van der Waals surface area (Å²) < 4.78 is 0. The Bertz CT molecular complexity index is 163. The predicted octanol–water partition coefficient (Wildman–Crippen LogP) is 1.95. The Morgan fingerprint density at radius 1 is 1.36 bits per heavy atom. The highest BCUT2D eigenvalue weighted by Gasteiger charge is 2.21. The number of hydrogen-bond donors (Lipinski definition) is 1. The second kappa shape index (κ2) is 4.41. The number of rotatable bonds is 1. The first kappa shape index (κ1) is 8.62. The van der Waals surface area contributed by atoms with Crippen LogP contribution in [0.25, 0.3) is 0 Å². The minimum Gasteiger partial charge on any atom is -0.393 e. The fourth-order valence-corrected chi connectivity index (χ4v) is 1.66. The van der Waals surface area contributed by atoms with Crippen LogP contribution in [-0.2, 0) is 0 Å². The highest BCUT2D eigenvalue weighted by molar-refractivity contribution is 4.98. The van der Waals surface area contributed by atoms with Crippen LogP contribution in [0.5, 0.6) is 0 Å². The molecule has 0 radical (unpaired) electrons. The van der Waals surface area contributed by atoms with Crippen LogP contribution >= 0.6 is 0 Å². The molecular weight excluding hydrogens is 136 g/mol. The van der Waals surface area contributed by atoms with Crippen molar-refractivity contribution in [2.45, 2.75) is 45.1 Å². The highest BCUT2D eigenvalue weighted by Crippen LogP contribution is 2.26. The van der Waals surface area contributed by atoms with E-state index in [1.54, 1.807) is 0 Å². The maximum Gasteiger partial charge on any atom is 0.0577 e. The van der Waals surface area contributed by atoms with E-state index in [4.69, 9.17) is 0 Å². The van der Waals surface area contributed by atoms with Crippen LogP contribution in [0.1, 0.15) is 39.0 Å². The fourth-order valence-electron chi connectivity index (χ4n) is 1.66. The van der Waals surface area contributed by atoms with Crippen molar-refractivity contribution in [3.63, 3.8) is 0 Å². The average Bonchev–Trinajstić information content (AvgIpc) is 2.03. The minimum atomic E-state index is -0.0791. The summed E-state index contributed by atoms with van der Waals surface area (Å²) in [5.41, 5.74) is 0. The summed E-state index contributed by atoms with van der Waals surface area (Å²) >= 11 is 0. The Balaban J connectivity index is 2.33. The molecule has 0 heterocycles. The minimum absolute atomic E-state index is 0.0791. The standard InChI is InChI=1S/C10H16O/c1-2-3-6-9-7-4-5-8-10(9)11/h9-11H,4-8H2,1H3. The van der Waals surface area contributed by atoms with E-state index in [9.17, 15) is 5.11 Å². The van der Waals surface area contributed by atoms with Crippen molar-refractivity contribution < 1.29 is 5.11 Å². The summed E-state index contributed by atoms with van der Waals surface area (Å²) in [7, 11) is 0. The Morgan fingerprint density at radius 2 is 2.09 bits per heavy atom. The summed E-state index contributed by atoms with van der Waals surface area (Å²) in [6.45, 7) is 1.86. The predicted molar refractivity (Wildman–Crippen MR) is 46.0 cm³/mol. The molecule has 2 unspecified atom stereocenters. The van der Waals surface area contributed by atoms with Gasteiger partial charge in [-0.3, -0.25) is 0 Å². The molecule has 0 bridgehead atoms. The van der Waals surface area contributed by atoms with Gasteiger partial charge >= 0.3 is 0 Å². The van der Waals surface area contributed by atoms with Crippen molar-refractivity contribution in [3.05, 3.63) is 0 Å². The van der Waals surface area contributed by atoms with Crippen molar-refractivity contribution in [2.24, 2.45) is 5.92 Å². The van der Waals surface area contributed by atoms with E-state index in [1.807, 2.05) is 6.92 Å². The third-order valence-electron chi connectivity index (χ3n) is 2.41. The number of hydrogen-bond acceptors (Lipinski definition) is 1. The molecule has 0 saturated heterocycles. The molecule has 1 aliphatic carbocycles. The van der Waals surface area contributed by atoms with Gasteiger partial charge in [-0.05, 0) is 25.7 Å². The highest BCUT2D eigenvalue weighted by atomic mass is 16.3. The number of aliphatic hydroxyl groups excluding tert-OH is 1. The fraction of sp³-hybridized carbons (Fsp3) is 0.800. The lowest BCUT2D eigenvalue weighted by Crippen LogP contribution is -2.23. The molecule has 1 fully saturated rings. The van der Waals surface area contributed by atoms with E-state index in [2.05, 4.69) is 11.8 Å². The lowest BCUT2D eigenvalue weighted by molar-refractivity contribution is 0.0725. The van der Waals surface area contributed by atoms with E-state index in [0.717, 1.165) is 19.3 Å². The first-order valence-electron chi connectivity index (χ1n) is 4.42. The van der Waals surface area contributed by atoms with Crippen LogP contribution in [0, 0.1) is 17.8 Å². The van der Waals surface area contributed by atoms with Gasteiger partial charge in [0.25, 0.3) is 0 Å². The van der Waals surface area contributed by atoms with E-state index < -0.39 is 0 Å². The van der Waals surface area contributed by atoms with Crippen molar-refractivity contribution in [1.82, 2.24) is 0 Å². The van der Waals surface area contributed by atoms with Crippen molar-refractivity contribution >= 4 is 0 Å². The van der Waals surface area contributed by atoms with Crippen LogP contribution in [-0.4, -0.2) is 11.2 Å². The zero-order chi connectivity index (χ0) is 8.10. The normalized spacial score (nSPS) is 30.7. The zero-order valence-corrected chi connectivity index (χ0v) is 7.14. The van der Waals surface area contributed by atoms with Gasteiger partial charge in [0.15, 0.2) is 0 Å². The molecule has 1 aliphatic rings. The van der Waals surface area contributed by atoms with Gasteiger partial charge in [-0.15, -0.1) is 11.8 Å². The molecule has 1 N–H and O–H groups in total. The molecule has 0 spiro atoms. The van der Waals surface area contributed by atoms with Crippen LogP contribution in [0.15, 0.2) is 0 Å². The van der Waals surface area contributed by atoms with E-state index >= 15 is 0 Å². The van der Waals surface area contributed by atoms with Gasteiger partial charge in [0.05, 0.1) is 6.10 Å². The first-order chi connectivity index (χ1) is 5.34. The molecule has 11 heavy (non-hydrogen) atoms. The second-order valence-corrected chi connectivity index (χ2v) is 3.24. The van der Waals surface area contributed by atoms with Crippen LogP contribution in [0.4, 0.5) is 0 Å². The molecule has 62 valence electrons. The molecule has 0 amide bonds. The molecule has 1 saturated carbocycles. The van der Waals surface area contributed by atoms with Gasteiger partial charge in [-0.25, -0.2) is 0 Å². The van der Waals surface area contributed by atoms with E-state index in [1.165, 1.54) is 12.8 Å². The third kappa shape index (κ3) is 2.55. The monoisotopic (exact) mass is 152 g/mol. The second-order valence-electron chi connectivity index (χ2n) is 3.24. The van der Waals surface area contributed by atoms with Gasteiger partial charge in [0.1, 0.15) is 0 Å². The average molecular weight is 152 g/mol. The summed E-state index contributed by atoms with van der Waals surface area (Å²) in [6.07, 6.45) is 5.41. The van der Waals surface area contributed by atoms with Gasteiger partial charge in [0, 0.05) is 6.42 Å². The quantitative estimate of drug-likeness (QED) is 0.569. The van der Waals surface area contributed by atoms with Crippen molar-refractivity contribution in [1.29, 1.82) is 0 Å². The third-order valence-corrected chi connectivity index (χ3v) is 2.41. The number of aliphatic hydroxyl groups is 1. The molecule has 1 nitrogen and oxygen atoms in total. The van der Waals surface area contributed by atoms with Gasteiger partial charge in [-0.2, -0.15) is 0 Å². The van der Waals surface area contributed by atoms with Crippen molar-refractivity contribution in [3.8, 4) is 11.8 Å². The lowest BCUT2D eigenvalue weighted by Gasteiger charge is -2.25. The summed E-state index contributed by atoms with van der Waals surface area (Å²) in [5.74, 6) is 6.37. The first-order valence-corrected chi connectivity index (χ1v) is 4.42. The van der Waals surface area contributed by atoms with Crippen molar-refractivity contribution in [2.75, 3.05) is 0 Å². The van der Waals surface area contributed by atoms with Gasteiger partial charge in [-0.1, -0.05) is 12.8 Å². The van der Waals surface area contributed by atoms with Gasteiger partial charge in [0.2, 0.25) is 0 Å².